The normalized spacial score (nSPS) is 30.2. The molecular formula is C13H25NOS. The molecule has 2 aliphatic rings. The Morgan fingerprint density at radius 3 is 2.69 bits per heavy atom. The van der Waals surface area contributed by atoms with Crippen LogP contribution in [0.4, 0.5) is 0 Å². The highest BCUT2D eigenvalue weighted by Crippen LogP contribution is 2.38. The molecule has 1 unspecified atom stereocenters. The third-order valence-electron chi connectivity index (χ3n) is 4.07. The van der Waals surface area contributed by atoms with E-state index in [4.69, 9.17) is 4.74 Å². The van der Waals surface area contributed by atoms with Crippen molar-refractivity contribution < 1.29 is 4.74 Å². The maximum Gasteiger partial charge on any atom is 0.0619 e. The van der Waals surface area contributed by atoms with Crippen molar-refractivity contribution in [1.29, 1.82) is 0 Å². The maximum absolute atomic E-state index is 5.52. The predicted octanol–water partition coefficient (Wildman–Crippen LogP) is 2.82. The average Bonchev–Trinajstić information content (AvgIpc) is 2.39. The van der Waals surface area contributed by atoms with Gasteiger partial charge in [-0.2, -0.15) is 11.8 Å². The van der Waals surface area contributed by atoms with E-state index in [0.717, 1.165) is 13.2 Å². The van der Waals surface area contributed by atoms with Crippen LogP contribution in [0.5, 0.6) is 0 Å². The maximum atomic E-state index is 5.52. The van der Waals surface area contributed by atoms with Gasteiger partial charge in [-0.05, 0) is 31.9 Å². The monoisotopic (exact) mass is 243 g/mol. The molecule has 1 atom stereocenters. The molecule has 1 N–H and O–H groups in total. The van der Waals surface area contributed by atoms with Crippen LogP contribution in [0.25, 0.3) is 0 Å². The first kappa shape index (κ1) is 12.7. The molecule has 0 amide bonds. The van der Waals surface area contributed by atoms with Crippen LogP contribution in [0.1, 0.15) is 44.9 Å². The van der Waals surface area contributed by atoms with Crippen LogP contribution < -0.4 is 5.32 Å². The fraction of sp³-hybridized carbons (Fsp3) is 1.00. The summed E-state index contributed by atoms with van der Waals surface area (Å²) in [5, 5.41) is 3.74. The van der Waals surface area contributed by atoms with Crippen LogP contribution >= 0.6 is 11.8 Å². The molecule has 2 rings (SSSR count). The first-order valence-electron chi connectivity index (χ1n) is 6.71. The number of rotatable bonds is 4. The molecule has 1 saturated carbocycles. The van der Waals surface area contributed by atoms with Gasteiger partial charge in [0.05, 0.1) is 6.61 Å². The molecule has 1 saturated heterocycles. The summed E-state index contributed by atoms with van der Waals surface area (Å²) in [7, 11) is 0. The van der Waals surface area contributed by atoms with Crippen molar-refractivity contribution in [3.8, 4) is 0 Å². The van der Waals surface area contributed by atoms with E-state index in [2.05, 4.69) is 23.3 Å². The van der Waals surface area contributed by atoms with Gasteiger partial charge in [-0.3, -0.25) is 0 Å². The van der Waals surface area contributed by atoms with E-state index in [1.807, 2.05) is 0 Å². The van der Waals surface area contributed by atoms with Crippen LogP contribution in [0, 0.1) is 0 Å². The molecule has 1 heterocycles. The topological polar surface area (TPSA) is 21.3 Å². The van der Waals surface area contributed by atoms with Crippen LogP contribution in [0.3, 0.4) is 0 Å². The summed E-state index contributed by atoms with van der Waals surface area (Å²) in [6.07, 6.45) is 11.9. The van der Waals surface area contributed by atoms with Crippen LogP contribution in [0.2, 0.25) is 0 Å². The van der Waals surface area contributed by atoms with Crippen molar-refractivity contribution >= 4 is 11.8 Å². The zero-order valence-electron chi connectivity index (χ0n) is 10.5. The van der Waals surface area contributed by atoms with Gasteiger partial charge in [0, 0.05) is 23.9 Å². The van der Waals surface area contributed by atoms with Gasteiger partial charge in [-0.1, -0.05) is 19.3 Å². The van der Waals surface area contributed by atoms with E-state index in [9.17, 15) is 0 Å². The zero-order chi connectivity index (χ0) is 11.3. The molecule has 2 nitrogen and oxygen atoms in total. The average molecular weight is 243 g/mol. The minimum atomic E-state index is 0.524. The zero-order valence-corrected chi connectivity index (χ0v) is 11.3. The number of hydrogen-bond acceptors (Lipinski definition) is 3. The summed E-state index contributed by atoms with van der Waals surface area (Å²) >= 11 is 2.08. The Bertz CT molecular complexity index is 198. The Morgan fingerprint density at radius 1 is 1.25 bits per heavy atom. The number of ether oxygens (including phenoxy) is 1. The van der Waals surface area contributed by atoms with Gasteiger partial charge in [0.1, 0.15) is 0 Å². The van der Waals surface area contributed by atoms with Gasteiger partial charge >= 0.3 is 0 Å². The third kappa shape index (κ3) is 3.38. The standard InChI is InChI=1S/C13H25NOS/c1-16-13(7-3-2-4-8-13)11-14-12-6-5-9-15-10-12/h12,14H,2-11H2,1H3. The molecule has 16 heavy (non-hydrogen) atoms. The lowest BCUT2D eigenvalue weighted by Crippen LogP contribution is -2.46. The Balaban J connectivity index is 1.77. The summed E-state index contributed by atoms with van der Waals surface area (Å²) < 4.78 is 6.04. The lowest BCUT2D eigenvalue weighted by atomic mass is 9.88. The predicted molar refractivity (Wildman–Crippen MR) is 71.2 cm³/mol. The van der Waals surface area contributed by atoms with Crippen molar-refractivity contribution in [2.45, 2.75) is 55.7 Å². The van der Waals surface area contributed by atoms with Gasteiger partial charge in [0.15, 0.2) is 0 Å². The van der Waals surface area contributed by atoms with E-state index < -0.39 is 0 Å². The Labute approximate surface area is 104 Å². The number of thioether (sulfide) groups is 1. The highest BCUT2D eigenvalue weighted by Gasteiger charge is 2.31. The minimum absolute atomic E-state index is 0.524. The largest absolute Gasteiger partial charge is 0.380 e. The first-order chi connectivity index (χ1) is 7.85. The molecule has 0 aromatic rings. The summed E-state index contributed by atoms with van der Waals surface area (Å²) in [6, 6.07) is 0.611. The highest BCUT2D eigenvalue weighted by molar-refractivity contribution is 8.00. The number of hydrogen-bond donors (Lipinski definition) is 1. The van der Waals surface area contributed by atoms with Crippen molar-refractivity contribution in [2.75, 3.05) is 26.0 Å². The minimum Gasteiger partial charge on any atom is -0.380 e. The molecule has 0 bridgehead atoms. The van der Waals surface area contributed by atoms with Crippen LogP contribution in [-0.4, -0.2) is 36.8 Å². The SMILES string of the molecule is CSC1(CNC2CCCOC2)CCCCC1. The third-order valence-corrected chi connectivity index (χ3v) is 5.49. The van der Waals surface area contributed by atoms with Crippen molar-refractivity contribution in [3.05, 3.63) is 0 Å². The molecular weight excluding hydrogens is 218 g/mol. The van der Waals surface area contributed by atoms with Crippen molar-refractivity contribution in [1.82, 2.24) is 5.32 Å². The van der Waals surface area contributed by atoms with Crippen molar-refractivity contribution in [2.24, 2.45) is 0 Å². The smallest absolute Gasteiger partial charge is 0.0619 e. The van der Waals surface area contributed by atoms with E-state index in [1.165, 1.54) is 51.5 Å². The highest BCUT2D eigenvalue weighted by atomic mass is 32.2. The molecule has 0 aromatic carbocycles. The Morgan fingerprint density at radius 2 is 2.06 bits per heavy atom. The van der Waals surface area contributed by atoms with Gasteiger partial charge < -0.3 is 10.1 Å². The van der Waals surface area contributed by atoms with Gasteiger partial charge in [-0.15, -0.1) is 0 Å². The molecule has 1 aliphatic heterocycles. The number of nitrogens with one attached hydrogen (secondary N) is 1. The molecule has 0 radical (unpaired) electrons. The Hall–Kier alpha value is 0.270. The fourth-order valence-electron chi connectivity index (χ4n) is 2.88. The second-order valence-corrected chi connectivity index (χ2v) is 6.52. The van der Waals surface area contributed by atoms with Gasteiger partial charge in [0.2, 0.25) is 0 Å². The fourth-order valence-corrected chi connectivity index (χ4v) is 3.81. The molecule has 0 aromatic heterocycles. The second-order valence-electron chi connectivity index (χ2n) is 5.24. The lowest BCUT2D eigenvalue weighted by molar-refractivity contribution is 0.0691. The molecule has 3 heteroatoms. The van der Waals surface area contributed by atoms with Crippen LogP contribution in [0.15, 0.2) is 0 Å². The van der Waals surface area contributed by atoms with Gasteiger partial charge in [0.25, 0.3) is 0 Å². The Kier molecular flexibility index (Phi) is 4.98. The van der Waals surface area contributed by atoms with Gasteiger partial charge in [-0.25, -0.2) is 0 Å². The summed E-state index contributed by atoms with van der Waals surface area (Å²) in [5.74, 6) is 0. The van der Waals surface area contributed by atoms with E-state index in [0.29, 0.717) is 10.8 Å². The molecule has 2 fully saturated rings. The summed E-state index contributed by atoms with van der Waals surface area (Å²) in [6.45, 7) is 3.07. The molecule has 0 spiro atoms. The lowest BCUT2D eigenvalue weighted by Gasteiger charge is -2.37. The van der Waals surface area contributed by atoms with E-state index >= 15 is 0 Å². The van der Waals surface area contributed by atoms with Crippen molar-refractivity contribution in [3.63, 3.8) is 0 Å². The summed E-state index contributed by atoms with van der Waals surface area (Å²) in [4.78, 5) is 0. The van der Waals surface area contributed by atoms with E-state index in [-0.39, 0.29) is 0 Å². The molecule has 94 valence electrons. The molecule has 1 aliphatic carbocycles. The quantitative estimate of drug-likeness (QED) is 0.820. The first-order valence-corrected chi connectivity index (χ1v) is 7.93. The second kappa shape index (κ2) is 6.27. The summed E-state index contributed by atoms with van der Waals surface area (Å²) in [5.41, 5.74) is 0. The van der Waals surface area contributed by atoms with Crippen LogP contribution in [-0.2, 0) is 4.74 Å². The van der Waals surface area contributed by atoms with E-state index in [1.54, 1.807) is 0 Å².